The fourth-order valence-electron chi connectivity index (χ4n) is 2.99. The first-order valence-electron chi connectivity index (χ1n) is 8.46. The molecule has 2 heteroatoms. The van der Waals surface area contributed by atoms with Crippen molar-refractivity contribution >= 4 is 5.69 Å². The standard InChI is InChI=1S/C22H24N2/c1-18-7-9-20(10-8-18)16-24(15-19-5-3-2-4-6-19)17-21-11-13-22(23)14-12-21/h2-14H,15-17,23H2,1H3/p+1. The highest BCUT2D eigenvalue weighted by Gasteiger charge is 2.12. The van der Waals surface area contributed by atoms with Crippen molar-refractivity contribution in [3.05, 3.63) is 101 Å². The van der Waals surface area contributed by atoms with Gasteiger partial charge in [0, 0.05) is 22.4 Å². The van der Waals surface area contributed by atoms with Gasteiger partial charge in [0.1, 0.15) is 19.6 Å². The largest absolute Gasteiger partial charge is 0.399 e. The van der Waals surface area contributed by atoms with Crippen molar-refractivity contribution in [2.45, 2.75) is 26.6 Å². The van der Waals surface area contributed by atoms with Crippen LogP contribution in [0.5, 0.6) is 0 Å². The highest BCUT2D eigenvalue weighted by atomic mass is 15.1. The summed E-state index contributed by atoms with van der Waals surface area (Å²) >= 11 is 0. The molecule has 0 radical (unpaired) electrons. The average Bonchev–Trinajstić information content (AvgIpc) is 2.60. The van der Waals surface area contributed by atoms with E-state index in [0.717, 1.165) is 25.3 Å². The van der Waals surface area contributed by atoms with Gasteiger partial charge in [-0.3, -0.25) is 0 Å². The van der Waals surface area contributed by atoms with Crippen LogP contribution < -0.4 is 10.6 Å². The van der Waals surface area contributed by atoms with E-state index in [0.29, 0.717) is 0 Å². The second kappa shape index (κ2) is 7.80. The molecule has 0 saturated carbocycles. The number of hydrogen-bond donors (Lipinski definition) is 2. The highest BCUT2D eigenvalue weighted by molar-refractivity contribution is 5.39. The van der Waals surface area contributed by atoms with E-state index in [9.17, 15) is 0 Å². The van der Waals surface area contributed by atoms with Gasteiger partial charge in [-0.05, 0) is 19.1 Å². The molecule has 1 atom stereocenters. The molecule has 24 heavy (non-hydrogen) atoms. The number of hydrogen-bond acceptors (Lipinski definition) is 1. The Morgan fingerprint density at radius 3 is 1.62 bits per heavy atom. The molecule has 1 unspecified atom stereocenters. The topological polar surface area (TPSA) is 30.5 Å². The van der Waals surface area contributed by atoms with Gasteiger partial charge in [0.05, 0.1) is 0 Å². The molecule has 0 aliphatic carbocycles. The third-order valence-electron chi connectivity index (χ3n) is 4.31. The minimum Gasteiger partial charge on any atom is -0.399 e. The molecule has 0 fully saturated rings. The Hall–Kier alpha value is -2.58. The van der Waals surface area contributed by atoms with Crippen molar-refractivity contribution in [2.24, 2.45) is 0 Å². The summed E-state index contributed by atoms with van der Waals surface area (Å²) in [4.78, 5) is 1.52. The molecule has 3 aromatic carbocycles. The van der Waals surface area contributed by atoms with Gasteiger partial charge in [-0.2, -0.15) is 0 Å². The Morgan fingerprint density at radius 2 is 1.08 bits per heavy atom. The van der Waals surface area contributed by atoms with E-state index in [1.54, 1.807) is 0 Å². The molecular formula is C22H25N2+. The summed E-state index contributed by atoms with van der Waals surface area (Å²) in [7, 11) is 0. The molecule has 0 amide bonds. The Bertz CT molecular complexity index is 699. The Labute approximate surface area is 144 Å². The zero-order valence-corrected chi connectivity index (χ0v) is 14.2. The van der Waals surface area contributed by atoms with E-state index in [-0.39, 0.29) is 0 Å². The zero-order valence-electron chi connectivity index (χ0n) is 14.2. The molecule has 122 valence electrons. The molecule has 3 N–H and O–H groups in total. The van der Waals surface area contributed by atoms with Crippen molar-refractivity contribution in [1.82, 2.24) is 0 Å². The van der Waals surface area contributed by atoms with Crippen LogP contribution >= 0.6 is 0 Å². The van der Waals surface area contributed by atoms with Crippen molar-refractivity contribution < 1.29 is 4.90 Å². The maximum atomic E-state index is 5.81. The van der Waals surface area contributed by atoms with Crippen molar-refractivity contribution in [1.29, 1.82) is 0 Å². The molecule has 0 aliphatic heterocycles. The highest BCUT2D eigenvalue weighted by Crippen LogP contribution is 2.06. The van der Waals surface area contributed by atoms with Gasteiger partial charge in [-0.25, -0.2) is 0 Å². The second-order valence-electron chi connectivity index (χ2n) is 6.49. The SMILES string of the molecule is Cc1ccc(C[NH+](Cc2ccccc2)Cc2ccc(N)cc2)cc1. The second-order valence-corrected chi connectivity index (χ2v) is 6.49. The summed E-state index contributed by atoms with van der Waals surface area (Å²) in [5, 5.41) is 0. The van der Waals surface area contributed by atoms with Crippen molar-refractivity contribution in [3.8, 4) is 0 Å². The van der Waals surface area contributed by atoms with Gasteiger partial charge >= 0.3 is 0 Å². The molecule has 0 spiro atoms. The van der Waals surface area contributed by atoms with Crippen LogP contribution in [0.2, 0.25) is 0 Å². The van der Waals surface area contributed by atoms with Crippen LogP contribution in [0.15, 0.2) is 78.9 Å². The molecule has 0 heterocycles. The Morgan fingerprint density at radius 1 is 0.625 bits per heavy atom. The van der Waals surface area contributed by atoms with Crippen molar-refractivity contribution in [3.63, 3.8) is 0 Å². The van der Waals surface area contributed by atoms with Gasteiger partial charge < -0.3 is 10.6 Å². The lowest BCUT2D eigenvalue weighted by Crippen LogP contribution is -3.08. The first-order chi connectivity index (χ1) is 11.7. The summed E-state index contributed by atoms with van der Waals surface area (Å²) in [6.07, 6.45) is 0. The lowest BCUT2D eigenvalue weighted by molar-refractivity contribution is -0.941. The first kappa shape index (κ1) is 16.3. The molecular weight excluding hydrogens is 292 g/mol. The number of nitrogens with two attached hydrogens (primary N) is 1. The zero-order chi connectivity index (χ0) is 16.8. The minimum absolute atomic E-state index is 0.821. The molecule has 0 aromatic heterocycles. The third-order valence-corrected chi connectivity index (χ3v) is 4.31. The first-order valence-corrected chi connectivity index (χ1v) is 8.46. The minimum atomic E-state index is 0.821. The Kier molecular flexibility index (Phi) is 5.29. The number of quaternary nitrogens is 1. The van der Waals surface area contributed by atoms with Crippen molar-refractivity contribution in [2.75, 3.05) is 5.73 Å². The van der Waals surface area contributed by atoms with E-state index in [4.69, 9.17) is 5.73 Å². The number of anilines is 1. The van der Waals surface area contributed by atoms with E-state index < -0.39 is 0 Å². The molecule has 0 saturated heterocycles. The summed E-state index contributed by atoms with van der Waals surface area (Å²) in [5.74, 6) is 0. The number of nitrogen functional groups attached to an aromatic ring is 1. The maximum absolute atomic E-state index is 5.81. The predicted molar refractivity (Wildman–Crippen MR) is 101 cm³/mol. The fourth-order valence-corrected chi connectivity index (χ4v) is 2.99. The number of nitrogens with one attached hydrogen (secondary N) is 1. The summed E-state index contributed by atoms with van der Waals surface area (Å²) in [6.45, 7) is 5.15. The average molecular weight is 317 g/mol. The van der Waals surface area contributed by atoms with Crippen LogP contribution in [-0.2, 0) is 19.6 Å². The normalized spacial score (nSPS) is 12.0. The van der Waals surface area contributed by atoms with Crippen LogP contribution in [0.1, 0.15) is 22.3 Å². The number of benzene rings is 3. The molecule has 3 rings (SSSR count). The molecule has 0 bridgehead atoms. The lowest BCUT2D eigenvalue weighted by Gasteiger charge is -2.20. The molecule has 2 nitrogen and oxygen atoms in total. The number of rotatable bonds is 6. The van der Waals surface area contributed by atoms with Gasteiger partial charge in [0.25, 0.3) is 0 Å². The third kappa shape index (κ3) is 4.71. The van der Waals surface area contributed by atoms with Gasteiger partial charge in [0.2, 0.25) is 0 Å². The van der Waals surface area contributed by atoms with E-state index in [1.165, 1.54) is 27.2 Å². The quantitative estimate of drug-likeness (QED) is 0.671. The fraction of sp³-hybridized carbons (Fsp3) is 0.182. The Balaban J connectivity index is 1.76. The van der Waals surface area contributed by atoms with E-state index >= 15 is 0 Å². The summed E-state index contributed by atoms with van der Waals surface area (Å²) in [6, 6.07) is 27.8. The van der Waals surface area contributed by atoms with Crippen LogP contribution in [0.4, 0.5) is 5.69 Å². The van der Waals surface area contributed by atoms with Gasteiger partial charge in [-0.15, -0.1) is 0 Å². The van der Waals surface area contributed by atoms with Crippen LogP contribution in [-0.4, -0.2) is 0 Å². The summed E-state index contributed by atoms with van der Waals surface area (Å²) in [5.41, 5.74) is 12.0. The van der Waals surface area contributed by atoms with E-state index in [1.807, 2.05) is 12.1 Å². The lowest BCUT2D eigenvalue weighted by atomic mass is 10.1. The number of aryl methyl sites for hydroxylation is 1. The van der Waals surface area contributed by atoms with Crippen LogP contribution in [0, 0.1) is 6.92 Å². The smallest absolute Gasteiger partial charge is 0.103 e. The van der Waals surface area contributed by atoms with Gasteiger partial charge in [0.15, 0.2) is 0 Å². The maximum Gasteiger partial charge on any atom is 0.103 e. The van der Waals surface area contributed by atoms with Gasteiger partial charge in [-0.1, -0.05) is 72.3 Å². The predicted octanol–water partition coefficient (Wildman–Crippen LogP) is 3.36. The monoisotopic (exact) mass is 317 g/mol. The van der Waals surface area contributed by atoms with Crippen LogP contribution in [0.25, 0.3) is 0 Å². The van der Waals surface area contributed by atoms with E-state index in [2.05, 4.69) is 73.7 Å². The molecule has 0 aliphatic rings. The van der Waals surface area contributed by atoms with Crippen LogP contribution in [0.3, 0.4) is 0 Å². The molecule has 3 aromatic rings. The summed E-state index contributed by atoms with van der Waals surface area (Å²) < 4.78 is 0.